The van der Waals surface area contributed by atoms with E-state index in [-0.39, 0.29) is 29.3 Å². The van der Waals surface area contributed by atoms with Gasteiger partial charge in [-0.2, -0.15) is 9.61 Å². The summed E-state index contributed by atoms with van der Waals surface area (Å²) in [5, 5.41) is 17.8. The molecule has 2 aromatic rings. The second kappa shape index (κ2) is 8.73. The van der Waals surface area contributed by atoms with Crippen molar-refractivity contribution in [1.29, 1.82) is 0 Å². The Bertz CT molecular complexity index is 1040. The Morgan fingerprint density at radius 3 is 2.57 bits per heavy atom. The number of hydrogen-bond donors (Lipinski definition) is 2. The number of nitrogens with zero attached hydrogens (tertiary/aromatic N) is 4. The smallest absolute Gasteiger partial charge is 0.291 e. The van der Waals surface area contributed by atoms with Gasteiger partial charge < -0.3 is 15.3 Å². The number of aromatic hydroxyl groups is 1. The summed E-state index contributed by atoms with van der Waals surface area (Å²) in [5.41, 5.74) is -0.140. The molecular weight excluding hydrogens is 386 g/mol. The minimum Gasteiger partial charge on any atom is -0.494 e. The lowest BCUT2D eigenvalue weighted by molar-refractivity contribution is -0.125. The van der Waals surface area contributed by atoms with Crippen molar-refractivity contribution < 1.29 is 14.7 Å². The molecule has 2 N–H and O–H groups in total. The molecule has 1 fully saturated rings. The molecule has 2 heterocycles. The van der Waals surface area contributed by atoms with E-state index in [4.69, 9.17) is 0 Å². The van der Waals surface area contributed by atoms with Gasteiger partial charge in [-0.25, -0.2) is 0 Å². The third-order valence-electron chi connectivity index (χ3n) is 5.08. The maximum Gasteiger partial charge on any atom is 0.291 e. The summed E-state index contributed by atoms with van der Waals surface area (Å²) in [6, 6.07) is 0.0488. The topological polar surface area (TPSA) is 109 Å². The van der Waals surface area contributed by atoms with Crippen LogP contribution in [0.4, 0.5) is 0 Å². The molecule has 0 atom stereocenters. The molecule has 1 aliphatic carbocycles. The SMILES string of the molecule is CCN(CC)C(=O)/C=C/c1cnn2c(=O)c(C(=O)NC3CC3)c(O)n(CC(C)C)c12. The van der Waals surface area contributed by atoms with Gasteiger partial charge in [-0.05, 0) is 38.7 Å². The van der Waals surface area contributed by atoms with Gasteiger partial charge in [0.1, 0.15) is 5.65 Å². The molecule has 1 aliphatic rings. The van der Waals surface area contributed by atoms with Crippen LogP contribution in [-0.4, -0.2) is 55.1 Å². The molecule has 0 aromatic carbocycles. The minimum atomic E-state index is -0.685. The molecular formula is C21H29N5O4. The van der Waals surface area contributed by atoms with E-state index in [9.17, 15) is 19.5 Å². The fourth-order valence-corrected chi connectivity index (χ4v) is 3.35. The van der Waals surface area contributed by atoms with Crippen LogP contribution >= 0.6 is 0 Å². The fourth-order valence-electron chi connectivity index (χ4n) is 3.35. The molecule has 0 unspecified atom stereocenters. The average Bonchev–Trinajstić information content (AvgIpc) is 3.40. The van der Waals surface area contributed by atoms with Crippen molar-refractivity contribution >= 4 is 23.5 Å². The molecule has 2 aromatic heterocycles. The Kier molecular flexibility index (Phi) is 6.28. The number of fused-ring (bicyclic) bond motifs is 1. The molecule has 9 nitrogen and oxygen atoms in total. The summed E-state index contributed by atoms with van der Waals surface area (Å²) in [6.07, 6.45) is 6.21. The summed E-state index contributed by atoms with van der Waals surface area (Å²) in [4.78, 5) is 39.5. The summed E-state index contributed by atoms with van der Waals surface area (Å²) in [6.45, 7) is 9.28. The largest absolute Gasteiger partial charge is 0.494 e. The van der Waals surface area contributed by atoms with Crippen LogP contribution in [0, 0.1) is 5.92 Å². The van der Waals surface area contributed by atoms with E-state index in [1.165, 1.54) is 16.8 Å². The van der Waals surface area contributed by atoms with Crippen LogP contribution in [0.15, 0.2) is 17.1 Å². The Morgan fingerprint density at radius 2 is 2.00 bits per heavy atom. The first-order valence-corrected chi connectivity index (χ1v) is 10.4. The fraction of sp³-hybridized carbons (Fsp3) is 0.524. The van der Waals surface area contributed by atoms with E-state index in [0.717, 1.165) is 17.4 Å². The maximum atomic E-state index is 13.0. The molecule has 0 spiro atoms. The zero-order valence-electron chi connectivity index (χ0n) is 17.9. The summed E-state index contributed by atoms with van der Waals surface area (Å²) < 4.78 is 2.63. The van der Waals surface area contributed by atoms with Gasteiger partial charge in [-0.1, -0.05) is 13.8 Å². The normalized spacial score (nSPS) is 14.0. The van der Waals surface area contributed by atoms with E-state index < -0.39 is 11.5 Å². The third kappa shape index (κ3) is 4.24. The second-order valence-corrected chi connectivity index (χ2v) is 7.94. The predicted octanol–water partition coefficient (Wildman–Crippen LogP) is 1.63. The van der Waals surface area contributed by atoms with Crippen molar-refractivity contribution in [3.63, 3.8) is 0 Å². The third-order valence-corrected chi connectivity index (χ3v) is 5.08. The molecule has 1 saturated carbocycles. The van der Waals surface area contributed by atoms with Gasteiger partial charge >= 0.3 is 0 Å². The van der Waals surface area contributed by atoms with Gasteiger partial charge in [0, 0.05) is 37.3 Å². The number of carbonyl (C=O) groups excluding carboxylic acids is 2. The Hall–Kier alpha value is -3.10. The monoisotopic (exact) mass is 415 g/mol. The molecule has 9 heteroatoms. The first-order chi connectivity index (χ1) is 14.3. The van der Waals surface area contributed by atoms with Crippen molar-refractivity contribution in [1.82, 2.24) is 24.4 Å². The van der Waals surface area contributed by atoms with Crippen LogP contribution in [-0.2, 0) is 11.3 Å². The maximum absolute atomic E-state index is 13.0. The Labute approximate surface area is 175 Å². The lowest BCUT2D eigenvalue weighted by Crippen LogP contribution is -2.34. The molecule has 30 heavy (non-hydrogen) atoms. The number of amides is 2. The lowest BCUT2D eigenvalue weighted by atomic mass is 10.2. The van der Waals surface area contributed by atoms with Crippen molar-refractivity contribution in [3.8, 4) is 5.88 Å². The van der Waals surface area contributed by atoms with Crippen molar-refractivity contribution in [3.05, 3.63) is 33.8 Å². The van der Waals surface area contributed by atoms with Crippen LogP contribution in [0.2, 0.25) is 0 Å². The zero-order chi connectivity index (χ0) is 22.0. The van der Waals surface area contributed by atoms with Crippen molar-refractivity contribution in [2.24, 2.45) is 5.92 Å². The number of hydrogen-bond acceptors (Lipinski definition) is 5. The van der Waals surface area contributed by atoms with E-state index in [0.29, 0.717) is 30.8 Å². The van der Waals surface area contributed by atoms with Crippen LogP contribution in [0.1, 0.15) is 56.5 Å². The summed E-state index contributed by atoms with van der Waals surface area (Å²) in [7, 11) is 0. The highest BCUT2D eigenvalue weighted by Crippen LogP contribution is 2.24. The van der Waals surface area contributed by atoms with Crippen molar-refractivity contribution in [2.45, 2.75) is 53.1 Å². The molecule has 0 saturated heterocycles. The van der Waals surface area contributed by atoms with Crippen LogP contribution in [0.5, 0.6) is 5.88 Å². The molecule has 0 radical (unpaired) electrons. The Morgan fingerprint density at radius 1 is 1.33 bits per heavy atom. The second-order valence-electron chi connectivity index (χ2n) is 7.94. The number of aromatic nitrogens is 3. The van der Waals surface area contributed by atoms with Gasteiger partial charge in [0.15, 0.2) is 5.56 Å². The molecule has 3 rings (SSSR count). The average molecular weight is 415 g/mol. The zero-order valence-corrected chi connectivity index (χ0v) is 17.9. The first-order valence-electron chi connectivity index (χ1n) is 10.4. The lowest BCUT2D eigenvalue weighted by Gasteiger charge is -2.17. The number of rotatable bonds is 8. The highest BCUT2D eigenvalue weighted by molar-refractivity contribution is 5.97. The highest BCUT2D eigenvalue weighted by Gasteiger charge is 2.29. The first kappa shape index (κ1) is 21.6. The van der Waals surface area contributed by atoms with E-state index in [1.54, 1.807) is 11.0 Å². The van der Waals surface area contributed by atoms with Gasteiger partial charge in [-0.15, -0.1) is 0 Å². The van der Waals surface area contributed by atoms with Gasteiger partial charge in [0.2, 0.25) is 11.8 Å². The van der Waals surface area contributed by atoms with E-state index in [2.05, 4.69) is 10.4 Å². The minimum absolute atomic E-state index is 0.0488. The Balaban J connectivity index is 2.12. The van der Waals surface area contributed by atoms with Crippen LogP contribution in [0.3, 0.4) is 0 Å². The molecule has 0 aliphatic heterocycles. The van der Waals surface area contributed by atoms with E-state index in [1.807, 2.05) is 27.7 Å². The highest BCUT2D eigenvalue weighted by atomic mass is 16.3. The number of nitrogens with one attached hydrogen (secondary N) is 1. The van der Waals surface area contributed by atoms with Crippen LogP contribution in [0.25, 0.3) is 11.7 Å². The summed E-state index contributed by atoms with van der Waals surface area (Å²) in [5.74, 6) is -0.999. The summed E-state index contributed by atoms with van der Waals surface area (Å²) >= 11 is 0. The van der Waals surface area contributed by atoms with E-state index >= 15 is 0 Å². The van der Waals surface area contributed by atoms with Gasteiger partial charge in [-0.3, -0.25) is 19.0 Å². The predicted molar refractivity (Wildman–Crippen MR) is 113 cm³/mol. The van der Waals surface area contributed by atoms with Crippen molar-refractivity contribution in [2.75, 3.05) is 13.1 Å². The van der Waals surface area contributed by atoms with Gasteiger partial charge in [0.25, 0.3) is 11.5 Å². The number of carbonyl (C=O) groups is 2. The molecule has 2 amide bonds. The molecule has 0 bridgehead atoms. The quantitative estimate of drug-likeness (QED) is 0.637. The number of likely N-dealkylation sites (N-methyl/N-ethyl adjacent to an activating group) is 1. The van der Waals surface area contributed by atoms with Crippen LogP contribution < -0.4 is 10.9 Å². The standard InChI is InChI=1S/C21H29N5O4/c1-5-24(6-2)16(27)10-7-14-11-22-26-19(14)25(12-13(3)4)20(29)17(21(26)30)18(28)23-15-8-9-15/h7,10-11,13,15,29H,5-6,8-9,12H2,1-4H3,(H,23,28)/b10-7+. The van der Waals surface area contributed by atoms with Gasteiger partial charge in [0.05, 0.1) is 6.20 Å². The molecule has 162 valence electrons.